The number of hydrogen-bond donors (Lipinski definition) is 0. The normalized spacial score (nSPS) is 11.3. The fraction of sp³-hybridized carbons (Fsp3) is 0.0800. The number of fused-ring (bicyclic) bond motifs is 3. The lowest BCUT2D eigenvalue weighted by Gasteiger charge is -2.06. The van der Waals surface area contributed by atoms with Crippen LogP contribution in [0.3, 0.4) is 0 Å². The van der Waals surface area contributed by atoms with E-state index in [1.54, 1.807) is 0 Å². The Hall–Kier alpha value is -3.39. The van der Waals surface area contributed by atoms with Gasteiger partial charge in [-0.25, -0.2) is 4.98 Å². The third-order valence-corrected chi connectivity index (χ3v) is 5.01. The predicted molar refractivity (Wildman–Crippen MR) is 111 cm³/mol. The first-order chi connectivity index (χ1) is 13.4. The molecule has 0 spiro atoms. The highest BCUT2D eigenvalue weighted by molar-refractivity contribution is 6.05. The molecule has 130 valence electrons. The van der Waals surface area contributed by atoms with Gasteiger partial charge in [-0.05, 0) is 47.6 Å². The van der Waals surface area contributed by atoms with Crippen LogP contribution in [0, 0.1) is 0 Å². The van der Waals surface area contributed by atoms with Gasteiger partial charge in [-0.3, -0.25) is 0 Å². The zero-order chi connectivity index (χ0) is 18.1. The molecular formula is C25H19NO. The molecule has 0 unspecified atom stereocenters. The van der Waals surface area contributed by atoms with Crippen molar-refractivity contribution in [3.8, 4) is 11.5 Å². The van der Waals surface area contributed by atoms with Crippen LogP contribution in [0.15, 0.2) is 95.4 Å². The highest BCUT2D eigenvalue weighted by Gasteiger charge is 2.15. The summed E-state index contributed by atoms with van der Waals surface area (Å²) < 4.78 is 6.25. The van der Waals surface area contributed by atoms with E-state index in [9.17, 15) is 0 Å². The zero-order valence-corrected chi connectivity index (χ0v) is 14.9. The van der Waals surface area contributed by atoms with Crippen LogP contribution in [0.4, 0.5) is 0 Å². The van der Waals surface area contributed by atoms with Crippen molar-refractivity contribution < 1.29 is 4.42 Å². The molecule has 0 radical (unpaired) electrons. The molecule has 5 rings (SSSR count). The number of benzene rings is 4. The van der Waals surface area contributed by atoms with Crippen LogP contribution in [0.25, 0.3) is 33.3 Å². The Balaban J connectivity index is 1.65. The van der Waals surface area contributed by atoms with Gasteiger partial charge in [-0.15, -0.1) is 0 Å². The van der Waals surface area contributed by atoms with E-state index in [1.165, 1.54) is 16.5 Å². The zero-order valence-electron chi connectivity index (χ0n) is 14.9. The van der Waals surface area contributed by atoms with Crippen LogP contribution in [-0.2, 0) is 12.8 Å². The maximum Gasteiger partial charge on any atom is 0.227 e. The van der Waals surface area contributed by atoms with Crippen molar-refractivity contribution in [2.75, 3.05) is 0 Å². The van der Waals surface area contributed by atoms with E-state index < -0.39 is 0 Å². The first-order valence-corrected chi connectivity index (χ1v) is 9.29. The summed E-state index contributed by atoms with van der Waals surface area (Å²) in [5.41, 5.74) is 5.44. The minimum Gasteiger partial charge on any atom is -0.435 e. The smallest absolute Gasteiger partial charge is 0.227 e. The average Bonchev–Trinajstić information content (AvgIpc) is 3.19. The Morgan fingerprint density at radius 2 is 1.41 bits per heavy atom. The molecule has 1 heterocycles. The lowest BCUT2D eigenvalue weighted by Crippen LogP contribution is -1.93. The maximum atomic E-state index is 6.25. The molecule has 0 aliphatic heterocycles. The Bertz CT molecular complexity index is 1210. The second-order valence-electron chi connectivity index (χ2n) is 6.81. The molecule has 0 aliphatic carbocycles. The molecule has 0 fully saturated rings. The molecule has 0 bridgehead atoms. The first kappa shape index (κ1) is 15.8. The van der Waals surface area contributed by atoms with Gasteiger partial charge in [0.05, 0.1) is 0 Å². The second-order valence-corrected chi connectivity index (χ2v) is 6.81. The molecule has 0 amide bonds. The van der Waals surface area contributed by atoms with Crippen LogP contribution < -0.4 is 0 Å². The third kappa shape index (κ3) is 3.00. The van der Waals surface area contributed by atoms with Crippen LogP contribution in [-0.4, -0.2) is 4.98 Å². The van der Waals surface area contributed by atoms with E-state index in [-0.39, 0.29) is 0 Å². The monoisotopic (exact) mass is 349 g/mol. The molecule has 0 saturated carbocycles. The molecule has 2 heteroatoms. The Morgan fingerprint density at radius 1 is 0.704 bits per heavy atom. The van der Waals surface area contributed by atoms with Crippen LogP contribution >= 0.6 is 0 Å². The van der Waals surface area contributed by atoms with Crippen molar-refractivity contribution in [2.45, 2.75) is 12.8 Å². The third-order valence-electron chi connectivity index (χ3n) is 5.01. The molecule has 0 aliphatic rings. The van der Waals surface area contributed by atoms with Gasteiger partial charge in [-0.2, -0.15) is 0 Å². The second kappa shape index (κ2) is 6.73. The fourth-order valence-corrected chi connectivity index (χ4v) is 3.62. The van der Waals surface area contributed by atoms with Crippen molar-refractivity contribution in [1.29, 1.82) is 0 Å². The number of hydrogen-bond acceptors (Lipinski definition) is 2. The summed E-state index contributed by atoms with van der Waals surface area (Å²) in [5, 5.41) is 2.31. The maximum absolute atomic E-state index is 6.25. The SMILES string of the molecule is c1ccc(CCc2cc3ccccc3c3oc(-c4ccccc4)nc23)cc1. The summed E-state index contributed by atoms with van der Waals surface area (Å²) in [6.45, 7) is 0. The molecule has 2 nitrogen and oxygen atoms in total. The molecule has 5 aromatic rings. The lowest BCUT2D eigenvalue weighted by atomic mass is 9.99. The highest BCUT2D eigenvalue weighted by Crippen LogP contribution is 2.33. The summed E-state index contributed by atoms with van der Waals surface area (Å²) in [6.07, 6.45) is 1.92. The average molecular weight is 349 g/mol. The van der Waals surface area contributed by atoms with Crippen LogP contribution in [0.1, 0.15) is 11.1 Å². The van der Waals surface area contributed by atoms with E-state index >= 15 is 0 Å². The van der Waals surface area contributed by atoms with E-state index in [4.69, 9.17) is 9.40 Å². The van der Waals surface area contributed by atoms with Gasteiger partial charge >= 0.3 is 0 Å². The van der Waals surface area contributed by atoms with Gasteiger partial charge in [0.15, 0.2) is 5.58 Å². The van der Waals surface area contributed by atoms with Crippen LogP contribution in [0.2, 0.25) is 0 Å². The number of oxazole rings is 1. The van der Waals surface area contributed by atoms with Gasteiger partial charge < -0.3 is 4.42 Å². The molecule has 1 aromatic heterocycles. The fourth-order valence-electron chi connectivity index (χ4n) is 3.62. The van der Waals surface area contributed by atoms with E-state index in [2.05, 4.69) is 60.7 Å². The minimum absolute atomic E-state index is 0.683. The molecular weight excluding hydrogens is 330 g/mol. The van der Waals surface area contributed by atoms with Crippen molar-refractivity contribution in [3.05, 3.63) is 102 Å². The lowest BCUT2D eigenvalue weighted by molar-refractivity contribution is 0.623. The summed E-state index contributed by atoms with van der Waals surface area (Å²) >= 11 is 0. The summed E-state index contributed by atoms with van der Waals surface area (Å²) in [6, 6.07) is 31.3. The number of aromatic nitrogens is 1. The summed E-state index contributed by atoms with van der Waals surface area (Å²) in [5.74, 6) is 0.683. The van der Waals surface area contributed by atoms with Crippen molar-refractivity contribution >= 4 is 21.9 Å². The van der Waals surface area contributed by atoms with Gasteiger partial charge in [0.2, 0.25) is 5.89 Å². The Morgan fingerprint density at radius 3 is 2.22 bits per heavy atom. The Kier molecular flexibility index (Phi) is 3.95. The summed E-state index contributed by atoms with van der Waals surface area (Å²) in [4.78, 5) is 4.88. The van der Waals surface area contributed by atoms with E-state index in [1.807, 2.05) is 30.3 Å². The van der Waals surface area contributed by atoms with Gasteiger partial charge in [0.1, 0.15) is 5.52 Å². The van der Waals surface area contributed by atoms with Crippen molar-refractivity contribution in [1.82, 2.24) is 4.98 Å². The molecule has 0 atom stereocenters. The van der Waals surface area contributed by atoms with Crippen molar-refractivity contribution in [2.24, 2.45) is 0 Å². The number of aryl methyl sites for hydroxylation is 2. The molecule has 27 heavy (non-hydrogen) atoms. The quantitative estimate of drug-likeness (QED) is 0.373. The van der Waals surface area contributed by atoms with Gasteiger partial charge in [0, 0.05) is 10.9 Å². The van der Waals surface area contributed by atoms with E-state index in [0.29, 0.717) is 5.89 Å². The standard InChI is InChI=1S/C25H19NO/c1-3-9-18(10-4-1)15-16-21-17-20-13-7-8-14-22(20)24-23(21)26-25(27-24)19-11-5-2-6-12-19/h1-14,17H,15-16H2. The number of nitrogens with zero attached hydrogens (tertiary/aromatic N) is 1. The molecule has 4 aromatic carbocycles. The topological polar surface area (TPSA) is 26.0 Å². The minimum atomic E-state index is 0.683. The van der Waals surface area contributed by atoms with Crippen molar-refractivity contribution in [3.63, 3.8) is 0 Å². The largest absolute Gasteiger partial charge is 0.435 e. The highest BCUT2D eigenvalue weighted by atomic mass is 16.3. The predicted octanol–water partition coefficient (Wildman–Crippen LogP) is 6.43. The van der Waals surface area contributed by atoms with Gasteiger partial charge in [-0.1, -0.05) is 72.8 Å². The first-order valence-electron chi connectivity index (χ1n) is 9.29. The Labute approximate surface area is 158 Å². The van der Waals surface area contributed by atoms with Gasteiger partial charge in [0.25, 0.3) is 0 Å². The number of rotatable bonds is 4. The van der Waals surface area contributed by atoms with E-state index in [0.717, 1.165) is 34.9 Å². The molecule has 0 N–H and O–H groups in total. The van der Waals surface area contributed by atoms with Crippen LogP contribution in [0.5, 0.6) is 0 Å². The summed E-state index contributed by atoms with van der Waals surface area (Å²) in [7, 11) is 0. The molecule has 0 saturated heterocycles.